The number of nitrogens with zero attached hydrogens (tertiary/aromatic N) is 1. The molecule has 2 aromatic rings. The molecule has 0 bridgehead atoms. The molecule has 21 heavy (non-hydrogen) atoms. The van der Waals surface area contributed by atoms with Crippen LogP contribution in [-0.2, 0) is 9.05 Å². The third-order valence-electron chi connectivity index (χ3n) is 2.39. The van der Waals surface area contributed by atoms with Gasteiger partial charge in [-0.2, -0.15) is 0 Å². The molecule has 5 nitrogen and oxygen atoms in total. The summed E-state index contributed by atoms with van der Waals surface area (Å²) in [7, 11) is 1.36. The summed E-state index contributed by atoms with van der Waals surface area (Å²) in [6.07, 6.45) is 0. The minimum Gasteiger partial charge on any atom is -0.298 e. The highest BCUT2D eigenvalue weighted by atomic mass is 35.7. The van der Waals surface area contributed by atoms with Crippen LogP contribution in [0.25, 0.3) is 0 Å². The first-order valence-corrected chi connectivity index (χ1v) is 9.26. The van der Waals surface area contributed by atoms with E-state index in [-0.39, 0.29) is 30.6 Å². The first-order valence-electron chi connectivity index (χ1n) is 5.37. The fourth-order valence-electron chi connectivity index (χ4n) is 1.54. The number of hydrogen-bond acceptors (Lipinski definition) is 5. The third-order valence-corrected chi connectivity index (χ3v) is 6.27. The van der Waals surface area contributed by atoms with Crippen LogP contribution in [0, 0.1) is 6.92 Å². The quantitative estimate of drug-likeness (QED) is 0.812. The number of aromatic nitrogens is 1. The normalized spacial score (nSPS) is 11.4. The molecule has 0 aliphatic heterocycles. The van der Waals surface area contributed by atoms with E-state index in [1.54, 1.807) is 6.07 Å². The van der Waals surface area contributed by atoms with Gasteiger partial charge < -0.3 is 0 Å². The van der Waals surface area contributed by atoms with Crippen molar-refractivity contribution in [2.75, 3.05) is 5.32 Å². The average Bonchev–Trinajstić information content (AvgIpc) is 2.69. The maximum Gasteiger partial charge on any atom is 0.272 e. The maximum absolute atomic E-state index is 12.1. The number of aryl methyl sites for hydroxylation is 1. The standard InChI is InChI=1S/C11H7Cl3N2O3S2/c1-5-10(21(14,18)19)20-11(15-5)16-9(17)8-6(12)3-2-4-7(8)13/h2-4H,1H3,(H,15,16,17). The predicted octanol–water partition coefficient (Wildman–Crippen LogP) is 3.94. The zero-order chi connectivity index (χ0) is 15.8. The summed E-state index contributed by atoms with van der Waals surface area (Å²) in [6.45, 7) is 1.48. The van der Waals surface area contributed by atoms with Gasteiger partial charge in [-0.1, -0.05) is 40.6 Å². The number of amides is 1. The van der Waals surface area contributed by atoms with Crippen molar-refractivity contribution in [3.8, 4) is 0 Å². The Morgan fingerprint density at radius 1 is 1.29 bits per heavy atom. The summed E-state index contributed by atoms with van der Waals surface area (Å²) in [5, 5.41) is 2.90. The molecule has 0 saturated carbocycles. The summed E-state index contributed by atoms with van der Waals surface area (Å²) < 4.78 is 22.5. The number of thiazole rings is 1. The Hall–Kier alpha value is -0.860. The second-order valence-electron chi connectivity index (χ2n) is 3.88. The number of benzene rings is 1. The summed E-state index contributed by atoms with van der Waals surface area (Å²) in [4.78, 5) is 16.1. The van der Waals surface area contributed by atoms with Crippen LogP contribution in [0.5, 0.6) is 0 Å². The number of nitrogens with one attached hydrogen (secondary N) is 1. The van der Waals surface area contributed by atoms with E-state index in [1.165, 1.54) is 19.1 Å². The van der Waals surface area contributed by atoms with Crippen LogP contribution in [0.4, 0.5) is 5.13 Å². The van der Waals surface area contributed by atoms with Gasteiger partial charge in [-0.3, -0.25) is 10.1 Å². The molecule has 2 rings (SSSR count). The van der Waals surface area contributed by atoms with Gasteiger partial charge in [0.2, 0.25) is 0 Å². The molecule has 0 aliphatic carbocycles. The molecule has 1 aromatic carbocycles. The number of carbonyl (C=O) groups is 1. The summed E-state index contributed by atoms with van der Waals surface area (Å²) in [6, 6.07) is 4.64. The van der Waals surface area contributed by atoms with Crippen LogP contribution < -0.4 is 5.32 Å². The van der Waals surface area contributed by atoms with Gasteiger partial charge in [0.1, 0.15) is 0 Å². The Morgan fingerprint density at radius 3 is 2.33 bits per heavy atom. The molecule has 0 radical (unpaired) electrons. The fourth-order valence-corrected chi connectivity index (χ4v) is 4.45. The lowest BCUT2D eigenvalue weighted by molar-refractivity contribution is 0.102. The van der Waals surface area contributed by atoms with E-state index in [0.29, 0.717) is 0 Å². The van der Waals surface area contributed by atoms with Crippen molar-refractivity contribution in [2.24, 2.45) is 0 Å². The van der Waals surface area contributed by atoms with E-state index in [2.05, 4.69) is 10.3 Å². The predicted molar refractivity (Wildman–Crippen MR) is 84.3 cm³/mol. The Balaban J connectivity index is 2.33. The van der Waals surface area contributed by atoms with Crippen molar-refractivity contribution < 1.29 is 13.2 Å². The second-order valence-corrected chi connectivity index (χ2v) is 8.46. The average molecular weight is 386 g/mol. The van der Waals surface area contributed by atoms with Crippen LogP contribution in [0.2, 0.25) is 10.0 Å². The summed E-state index contributed by atoms with van der Waals surface area (Å²) in [5.41, 5.74) is 0.291. The highest BCUT2D eigenvalue weighted by Crippen LogP contribution is 2.31. The molecular weight excluding hydrogens is 379 g/mol. The Kier molecular flexibility index (Phi) is 4.79. The minimum atomic E-state index is -3.90. The SMILES string of the molecule is Cc1nc(NC(=O)c2c(Cl)cccc2Cl)sc1S(=O)(=O)Cl. The van der Waals surface area contributed by atoms with Crippen LogP contribution in [-0.4, -0.2) is 19.3 Å². The van der Waals surface area contributed by atoms with E-state index in [9.17, 15) is 13.2 Å². The molecule has 112 valence electrons. The zero-order valence-corrected chi connectivity index (χ0v) is 14.3. The smallest absolute Gasteiger partial charge is 0.272 e. The van der Waals surface area contributed by atoms with Crippen molar-refractivity contribution in [3.63, 3.8) is 0 Å². The molecule has 0 unspecified atom stereocenters. The molecule has 1 heterocycles. The molecule has 1 amide bonds. The second kappa shape index (κ2) is 6.10. The van der Waals surface area contributed by atoms with Crippen molar-refractivity contribution in [1.29, 1.82) is 0 Å². The van der Waals surface area contributed by atoms with Crippen LogP contribution in [0.1, 0.15) is 16.1 Å². The Bertz CT molecular complexity index is 798. The lowest BCUT2D eigenvalue weighted by Crippen LogP contribution is -2.12. The minimum absolute atomic E-state index is 0.0870. The number of halogens is 3. The summed E-state index contributed by atoms with van der Waals surface area (Å²) >= 11 is 12.6. The van der Waals surface area contributed by atoms with Crippen LogP contribution in [0.15, 0.2) is 22.4 Å². The number of anilines is 1. The highest BCUT2D eigenvalue weighted by molar-refractivity contribution is 8.15. The van der Waals surface area contributed by atoms with Crippen LogP contribution >= 0.6 is 45.2 Å². The molecule has 0 spiro atoms. The van der Waals surface area contributed by atoms with Crippen molar-refractivity contribution in [2.45, 2.75) is 11.1 Å². The first kappa shape index (κ1) is 16.5. The lowest BCUT2D eigenvalue weighted by Gasteiger charge is -2.05. The van der Waals surface area contributed by atoms with Gasteiger partial charge in [-0.25, -0.2) is 13.4 Å². The lowest BCUT2D eigenvalue weighted by atomic mass is 10.2. The molecule has 0 saturated heterocycles. The number of rotatable bonds is 3. The molecule has 0 fully saturated rings. The molecule has 1 aromatic heterocycles. The molecule has 10 heteroatoms. The van der Waals surface area contributed by atoms with E-state index < -0.39 is 15.0 Å². The third kappa shape index (κ3) is 3.67. The monoisotopic (exact) mass is 384 g/mol. The largest absolute Gasteiger partial charge is 0.298 e. The van der Waals surface area contributed by atoms with Gasteiger partial charge in [0.15, 0.2) is 9.34 Å². The summed E-state index contributed by atoms with van der Waals surface area (Å²) in [5.74, 6) is -0.585. The van der Waals surface area contributed by atoms with Gasteiger partial charge in [0.05, 0.1) is 21.3 Å². The Labute approximate surface area is 139 Å². The van der Waals surface area contributed by atoms with E-state index in [0.717, 1.165) is 11.3 Å². The maximum atomic E-state index is 12.1. The Morgan fingerprint density at radius 2 is 1.86 bits per heavy atom. The van der Waals surface area contributed by atoms with E-state index >= 15 is 0 Å². The topological polar surface area (TPSA) is 76.1 Å². The molecular formula is C11H7Cl3N2O3S2. The van der Waals surface area contributed by atoms with E-state index in [1.807, 2.05) is 0 Å². The van der Waals surface area contributed by atoms with Gasteiger partial charge in [-0.05, 0) is 19.1 Å². The van der Waals surface area contributed by atoms with E-state index in [4.69, 9.17) is 33.9 Å². The molecule has 0 atom stereocenters. The van der Waals surface area contributed by atoms with Gasteiger partial charge in [0.25, 0.3) is 15.0 Å². The van der Waals surface area contributed by atoms with Crippen molar-refractivity contribution in [3.05, 3.63) is 39.5 Å². The molecule has 1 N–H and O–H groups in total. The zero-order valence-electron chi connectivity index (χ0n) is 10.4. The van der Waals surface area contributed by atoms with Gasteiger partial charge in [-0.15, -0.1) is 0 Å². The van der Waals surface area contributed by atoms with Crippen molar-refractivity contribution in [1.82, 2.24) is 4.98 Å². The van der Waals surface area contributed by atoms with Crippen LogP contribution in [0.3, 0.4) is 0 Å². The number of carbonyl (C=O) groups excluding carboxylic acids is 1. The van der Waals surface area contributed by atoms with Gasteiger partial charge >= 0.3 is 0 Å². The molecule has 0 aliphatic rings. The first-order chi connectivity index (χ1) is 9.70. The number of hydrogen-bond donors (Lipinski definition) is 1. The highest BCUT2D eigenvalue weighted by Gasteiger charge is 2.21. The van der Waals surface area contributed by atoms with Crippen molar-refractivity contribution >= 4 is 65.3 Å². The fraction of sp³-hybridized carbons (Fsp3) is 0.0909. The van der Waals surface area contributed by atoms with Gasteiger partial charge in [0, 0.05) is 10.7 Å².